The number of aromatic nitrogens is 4. The van der Waals surface area contributed by atoms with E-state index in [9.17, 15) is 14.7 Å². The highest BCUT2D eigenvalue weighted by Gasteiger charge is 2.25. The number of para-hydroxylation sites is 1. The number of carbonyl (C=O) groups is 2. The number of hydrogen-bond acceptors (Lipinski definition) is 8. The SMILES string of the molecule is O=C(Nc1nc2ccccc2s1)c1cccc2c1CN(c1ccc(-c3cnn(Cc4cccc(OCc5ccccc5)c4)c3)c(C(=O)O)n1)CC2. The number of hydrogen-bond donors (Lipinski definition) is 2. The zero-order valence-electron chi connectivity index (χ0n) is 27.4. The summed E-state index contributed by atoms with van der Waals surface area (Å²) < 4.78 is 8.76. The fourth-order valence-corrected chi connectivity index (χ4v) is 7.21. The van der Waals surface area contributed by atoms with Crippen LogP contribution in [0.25, 0.3) is 21.3 Å². The number of fused-ring (bicyclic) bond motifs is 2. The van der Waals surface area contributed by atoms with Crippen LogP contribution < -0.4 is 15.0 Å². The number of aromatic carboxylic acids is 1. The smallest absolute Gasteiger partial charge is 0.355 e. The van der Waals surface area contributed by atoms with Crippen LogP contribution in [-0.2, 0) is 26.1 Å². The van der Waals surface area contributed by atoms with Crippen LogP contribution in [-0.4, -0.2) is 43.3 Å². The first-order chi connectivity index (χ1) is 25.0. The van der Waals surface area contributed by atoms with Gasteiger partial charge in [-0.1, -0.05) is 78.1 Å². The molecule has 1 amide bonds. The van der Waals surface area contributed by atoms with Crippen LogP contribution >= 0.6 is 11.3 Å². The largest absolute Gasteiger partial charge is 0.489 e. The monoisotopic (exact) mass is 692 g/mol. The zero-order valence-corrected chi connectivity index (χ0v) is 28.2. The molecule has 0 spiro atoms. The van der Waals surface area contributed by atoms with Gasteiger partial charge in [0.05, 0.1) is 23.0 Å². The summed E-state index contributed by atoms with van der Waals surface area (Å²) in [7, 11) is 0. The molecular weight excluding hydrogens is 661 g/mol. The predicted octanol–water partition coefficient (Wildman–Crippen LogP) is 7.70. The molecule has 0 unspecified atom stereocenters. The second-order valence-electron chi connectivity index (χ2n) is 12.3. The van der Waals surface area contributed by atoms with Gasteiger partial charge < -0.3 is 14.7 Å². The molecule has 10 nitrogen and oxygen atoms in total. The Bertz CT molecular complexity index is 2360. The van der Waals surface area contributed by atoms with Crippen molar-refractivity contribution in [3.05, 3.63) is 155 Å². The second kappa shape index (κ2) is 13.9. The van der Waals surface area contributed by atoms with Gasteiger partial charge in [0, 0.05) is 36.0 Å². The summed E-state index contributed by atoms with van der Waals surface area (Å²) in [5.74, 6) is -0.0669. The molecule has 0 atom stereocenters. The molecule has 8 rings (SSSR count). The lowest BCUT2D eigenvalue weighted by Crippen LogP contribution is -2.33. The van der Waals surface area contributed by atoms with Gasteiger partial charge in [0.1, 0.15) is 18.2 Å². The van der Waals surface area contributed by atoms with Gasteiger partial charge in [-0.2, -0.15) is 5.10 Å². The maximum absolute atomic E-state index is 13.5. The predicted molar refractivity (Wildman–Crippen MR) is 198 cm³/mol. The van der Waals surface area contributed by atoms with E-state index < -0.39 is 5.97 Å². The Morgan fingerprint density at radius 1 is 0.882 bits per heavy atom. The highest BCUT2D eigenvalue weighted by Crippen LogP contribution is 2.31. The topological polar surface area (TPSA) is 122 Å². The molecule has 4 heterocycles. The Kier molecular flexibility index (Phi) is 8.69. The van der Waals surface area contributed by atoms with Crippen molar-refractivity contribution >= 4 is 44.4 Å². The number of rotatable bonds is 10. The summed E-state index contributed by atoms with van der Waals surface area (Å²) in [4.78, 5) is 37.2. The highest BCUT2D eigenvalue weighted by atomic mass is 32.1. The van der Waals surface area contributed by atoms with Crippen LogP contribution in [0.4, 0.5) is 10.9 Å². The number of ether oxygens (including phenoxy) is 1. The molecule has 0 radical (unpaired) electrons. The van der Waals surface area contributed by atoms with Crippen molar-refractivity contribution in [2.24, 2.45) is 0 Å². The molecule has 0 saturated carbocycles. The van der Waals surface area contributed by atoms with E-state index in [0.29, 0.717) is 60.3 Å². The number of carboxylic acids is 1. The minimum Gasteiger partial charge on any atom is -0.489 e. The Labute approximate surface area is 297 Å². The van der Waals surface area contributed by atoms with Crippen LogP contribution in [0.1, 0.15) is 43.1 Å². The van der Waals surface area contributed by atoms with Gasteiger partial charge in [-0.15, -0.1) is 0 Å². The van der Waals surface area contributed by atoms with Crippen molar-refractivity contribution in [2.75, 3.05) is 16.8 Å². The van der Waals surface area contributed by atoms with Crippen molar-refractivity contribution in [3.63, 3.8) is 0 Å². The van der Waals surface area contributed by atoms with E-state index in [2.05, 4.69) is 20.4 Å². The van der Waals surface area contributed by atoms with E-state index in [0.717, 1.165) is 38.2 Å². The number of thiazole rings is 1. The third kappa shape index (κ3) is 6.92. The number of carbonyl (C=O) groups excluding carboxylic acids is 1. The number of pyridine rings is 1. The number of anilines is 2. The molecule has 2 N–H and O–H groups in total. The Balaban J connectivity index is 0.983. The number of benzene rings is 4. The summed E-state index contributed by atoms with van der Waals surface area (Å²) in [6.07, 6.45) is 4.18. The van der Waals surface area contributed by atoms with E-state index in [-0.39, 0.29) is 11.6 Å². The Hall–Kier alpha value is -6.33. The number of nitrogens with zero attached hydrogens (tertiary/aromatic N) is 5. The van der Waals surface area contributed by atoms with Gasteiger partial charge >= 0.3 is 5.97 Å². The van der Waals surface area contributed by atoms with E-state index in [4.69, 9.17) is 4.74 Å². The second-order valence-corrected chi connectivity index (χ2v) is 13.3. The summed E-state index contributed by atoms with van der Waals surface area (Å²) in [5, 5.41) is 18.3. The molecule has 3 aromatic heterocycles. The minimum atomic E-state index is -1.13. The van der Waals surface area contributed by atoms with E-state index >= 15 is 0 Å². The molecule has 0 fully saturated rings. The summed E-state index contributed by atoms with van der Waals surface area (Å²) in [6, 6.07) is 35.0. The lowest BCUT2D eigenvalue weighted by molar-refractivity contribution is 0.0691. The van der Waals surface area contributed by atoms with Crippen molar-refractivity contribution < 1.29 is 19.4 Å². The van der Waals surface area contributed by atoms with Crippen LogP contribution in [0.5, 0.6) is 5.75 Å². The van der Waals surface area contributed by atoms with Crippen molar-refractivity contribution in [2.45, 2.75) is 26.1 Å². The highest BCUT2D eigenvalue weighted by molar-refractivity contribution is 7.22. The van der Waals surface area contributed by atoms with E-state index in [1.807, 2.05) is 114 Å². The third-order valence-electron chi connectivity index (χ3n) is 8.87. The Morgan fingerprint density at radius 2 is 1.71 bits per heavy atom. The lowest BCUT2D eigenvalue weighted by Gasteiger charge is -2.31. The summed E-state index contributed by atoms with van der Waals surface area (Å²) in [6.45, 7) is 2.00. The average Bonchev–Trinajstić information content (AvgIpc) is 3.80. The first-order valence-corrected chi connectivity index (χ1v) is 17.3. The first-order valence-electron chi connectivity index (χ1n) is 16.5. The number of carboxylic acid groups (broad SMARTS) is 1. The fraction of sp³-hybridized carbons (Fsp3) is 0.125. The lowest BCUT2D eigenvalue weighted by atomic mass is 9.94. The molecule has 0 aliphatic carbocycles. The van der Waals surface area contributed by atoms with Gasteiger partial charge in [-0.3, -0.25) is 14.8 Å². The Morgan fingerprint density at radius 3 is 2.57 bits per heavy atom. The van der Waals surface area contributed by atoms with E-state index in [1.54, 1.807) is 16.9 Å². The molecular formula is C40H32N6O4S. The normalized spacial score (nSPS) is 12.4. The van der Waals surface area contributed by atoms with E-state index in [1.165, 1.54) is 11.3 Å². The van der Waals surface area contributed by atoms with Crippen molar-refractivity contribution in [1.29, 1.82) is 0 Å². The molecule has 7 aromatic rings. The zero-order chi connectivity index (χ0) is 34.7. The van der Waals surface area contributed by atoms with Crippen molar-refractivity contribution in [1.82, 2.24) is 19.7 Å². The van der Waals surface area contributed by atoms with Gasteiger partial charge in [0.2, 0.25) is 0 Å². The van der Waals surface area contributed by atoms with Crippen molar-refractivity contribution in [3.8, 4) is 16.9 Å². The molecule has 0 bridgehead atoms. The third-order valence-corrected chi connectivity index (χ3v) is 9.83. The number of nitrogens with one attached hydrogen (secondary N) is 1. The summed E-state index contributed by atoms with van der Waals surface area (Å²) >= 11 is 1.43. The van der Waals surface area contributed by atoms with Crippen LogP contribution in [0, 0.1) is 0 Å². The maximum atomic E-state index is 13.5. The molecule has 51 heavy (non-hydrogen) atoms. The van der Waals surface area contributed by atoms with Crippen LogP contribution in [0.3, 0.4) is 0 Å². The minimum absolute atomic E-state index is 0.0592. The number of amides is 1. The van der Waals surface area contributed by atoms with Gasteiger partial charge in [-0.25, -0.2) is 14.8 Å². The van der Waals surface area contributed by atoms with Gasteiger partial charge in [0.25, 0.3) is 5.91 Å². The average molecular weight is 693 g/mol. The maximum Gasteiger partial charge on any atom is 0.355 e. The van der Waals surface area contributed by atoms with Gasteiger partial charge in [0.15, 0.2) is 10.8 Å². The first kappa shape index (κ1) is 31.9. The van der Waals surface area contributed by atoms with Crippen LogP contribution in [0.2, 0.25) is 0 Å². The quantitative estimate of drug-likeness (QED) is 0.150. The molecule has 252 valence electrons. The standard InChI is InChI=1S/C40H32N6O4S/c47-38(44-40-42-34-14-4-5-15-35(34)51-40)32-13-7-11-28-18-19-45(24-33(28)32)36-17-16-31(37(43-36)39(48)49)29-21-41-46(23-29)22-27-10-6-12-30(20-27)50-25-26-8-2-1-3-9-26/h1-17,20-21,23H,18-19,22,24-25H2,(H,48,49)(H,42,44,47). The molecule has 11 heteroatoms. The van der Waals surface area contributed by atoms with Gasteiger partial charge in [-0.05, 0) is 71.1 Å². The fourth-order valence-electron chi connectivity index (χ4n) is 6.35. The van der Waals surface area contributed by atoms with Crippen LogP contribution in [0.15, 0.2) is 122 Å². The molecule has 0 saturated heterocycles. The molecule has 1 aliphatic rings. The molecule has 4 aromatic carbocycles. The summed E-state index contributed by atoms with van der Waals surface area (Å²) in [5.41, 5.74) is 6.54. The molecule has 1 aliphatic heterocycles.